The van der Waals surface area contributed by atoms with Crippen LogP contribution in [-0.2, 0) is 11.3 Å². The molecule has 0 radical (unpaired) electrons. The molecule has 126 valence electrons. The fourth-order valence-corrected chi connectivity index (χ4v) is 3.29. The van der Waals surface area contributed by atoms with Gasteiger partial charge in [0.05, 0.1) is 6.54 Å². The van der Waals surface area contributed by atoms with Gasteiger partial charge in [0, 0.05) is 6.54 Å². The van der Waals surface area contributed by atoms with Crippen molar-refractivity contribution < 1.29 is 24.1 Å². The van der Waals surface area contributed by atoms with Crippen LogP contribution < -0.4 is 24.6 Å². The number of hydrogen-bond acceptors (Lipinski definition) is 3. The summed E-state index contributed by atoms with van der Waals surface area (Å²) in [5, 5.41) is 3.05. The van der Waals surface area contributed by atoms with Crippen LogP contribution in [0.4, 0.5) is 0 Å². The van der Waals surface area contributed by atoms with E-state index in [0.29, 0.717) is 6.54 Å². The molecule has 0 saturated carbocycles. The molecular formula is C17H27N3O3+2. The fraction of sp³-hybridized carbons (Fsp3) is 0.588. The number of rotatable bonds is 5. The molecule has 6 heteroatoms. The van der Waals surface area contributed by atoms with Gasteiger partial charge in [0.2, 0.25) is 6.79 Å². The molecule has 0 aliphatic carbocycles. The van der Waals surface area contributed by atoms with Crippen molar-refractivity contribution >= 4 is 5.91 Å². The van der Waals surface area contributed by atoms with Gasteiger partial charge in [0.1, 0.15) is 26.2 Å². The zero-order valence-corrected chi connectivity index (χ0v) is 14.0. The van der Waals surface area contributed by atoms with Gasteiger partial charge in [-0.1, -0.05) is 6.07 Å². The second kappa shape index (κ2) is 7.19. The second-order valence-corrected chi connectivity index (χ2v) is 6.39. The number of amides is 1. The van der Waals surface area contributed by atoms with E-state index in [1.165, 1.54) is 11.4 Å². The molecule has 0 spiro atoms. The van der Waals surface area contributed by atoms with Gasteiger partial charge in [0.25, 0.3) is 5.91 Å². The van der Waals surface area contributed by atoms with Crippen LogP contribution in [0.1, 0.15) is 19.4 Å². The molecule has 0 aromatic heterocycles. The highest BCUT2D eigenvalue weighted by molar-refractivity contribution is 5.79. The summed E-state index contributed by atoms with van der Waals surface area (Å²) in [5.74, 6) is 1.65. The van der Waals surface area contributed by atoms with Gasteiger partial charge in [-0.15, -0.1) is 0 Å². The number of carbonyl (C=O) groups excluding carboxylic acids is 1. The maximum Gasteiger partial charge on any atom is 0.278 e. The summed E-state index contributed by atoms with van der Waals surface area (Å²) < 4.78 is 10.7. The number of benzene rings is 1. The zero-order valence-electron chi connectivity index (χ0n) is 14.0. The van der Waals surface area contributed by atoms with E-state index < -0.39 is 0 Å². The first-order valence-corrected chi connectivity index (χ1v) is 8.51. The monoisotopic (exact) mass is 321 g/mol. The average Bonchev–Trinajstić information content (AvgIpc) is 3.06. The lowest BCUT2D eigenvalue weighted by molar-refractivity contribution is -1.02. The number of ether oxygens (including phenoxy) is 2. The van der Waals surface area contributed by atoms with Gasteiger partial charge >= 0.3 is 0 Å². The lowest BCUT2D eigenvalue weighted by atomic mass is 10.2. The molecule has 6 nitrogen and oxygen atoms in total. The number of hydrogen-bond donors (Lipinski definition) is 3. The smallest absolute Gasteiger partial charge is 0.278 e. The summed E-state index contributed by atoms with van der Waals surface area (Å²) in [6, 6.07) is 5.80. The van der Waals surface area contributed by atoms with Crippen LogP contribution in [0.25, 0.3) is 0 Å². The minimum atomic E-state index is 0.00224. The predicted molar refractivity (Wildman–Crippen MR) is 85.8 cm³/mol. The molecule has 2 heterocycles. The van der Waals surface area contributed by atoms with Gasteiger partial charge < -0.3 is 24.6 Å². The molecule has 1 amide bonds. The molecule has 23 heavy (non-hydrogen) atoms. The first kappa shape index (κ1) is 16.1. The highest BCUT2D eigenvalue weighted by atomic mass is 16.7. The lowest BCUT2D eigenvalue weighted by Crippen LogP contribution is -3.29. The third-order valence-corrected chi connectivity index (χ3v) is 5.01. The third-order valence-electron chi connectivity index (χ3n) is 5.01. The van der Waals surface area contributed by atoms with Crippen LogP contribution in [-0.4, -0.2) is 51.5 Å². The van der Waals surface area contributed by atoms with Gasteiger partial charge in [0.15, 0.2) is 17.5 Å². The largest absolute Gasteiger partial charge is 0.454 e. The maximum atomic E-state index is 12.4. The number of nitrogens with one attached hydrogen (secondary N) is 3. The minimum Gasteiger partial charge on any atom is -0.454 e. The standard InChI is InChI=1S/C17H25N3O3/c1-3-19-6-8-20(9-7-19)13(2)17(21)18-11-14-4-5-15-16(10-14)23-12-22-15/h4-5,10,13H,3,6-9,11-12H2,1-2H3,(H,18,21)/p+2/t13-/m1/s1. The van der Waals surface area contributed by atoms with Gasteiger partial charge in [-0.2, -0.15) is 0 Å². The van der Waals surface area contributed by atoms with Crippen LogP contribution in [0.5, 0.6) is 11.5 Å². The molecule has 3 N–H and O–H groups in total. The number of fused-ring (bicyclic) bond motifs is 1. The van der Waals surface area contributed by atoms with E-state index >= 15 is 0 Å². The molecule has 2 aliphatic rings. The number of quaternary nitrogens is 2. The quantitative estimate of drug-likeness (QED) is 0.601. The summed E-state index contributed by atoms with van der Waals surface area (Å²) in [6.45, 7) is 10.7. The molecule has 3 rings (SSSR count). The van der Waals surface area contributed by atoms with Crippen molar-refractivity contribution in [2.45, 2.75) is 26.4 Å². The molecule has 2 aliphatic heterocycles. The van der Waals surface area contributed by atoms with Crippen LogP contribution in [0.2, 0.25) is 0 Å². The predicted octanol–water partition coefficient (Wildman–Crippen LogP) is -1.78. The van der Waals surface area contributed by atoms with E-state index in [2.05, 4.69) is 12.2 Å². The van der Waals surface area contributed by atoms with Crippen LogP contribution >= 0.6 is 0 Å². The van der Waals surface area contributed by atoms with E-state index in [9.17, 15) is 4.79 Å². The molecule has 1 atom stereocenters. The number of piperazine rings is 1. The van der Waals surface area contributed by atoms with E-state index in [4.69, 9.17) is 9.47 Å². The normalized spacial score (nSPS) is 24.3. The van der Waals surface area contributed by atoms with Crippen LogP contribution in [0.15, 0.2) is 18.2 Å². The highest BCUT2D eigenvalue weighted by Gasteiger charge is 2.30. The Hall–Kier alpha value is -1.79. The summed E-state index contributed by atoms with van der Waals surface area (Å²) in [6.07, 6.45) is 0. The zero-order chi connectivity index (χ0) is 16.2. The number of likely N-dealkylation sites (N-methyl/N-ethyl adjacent to an activating group) is 1. The molecular weight excluding hydrogens is 294 g/mol. The minimum absolute atomic E-state index is 0.00224. The lowest BCUT2D eigenvalue weighted by Gasteiger charge is -2.32. The highest BCUT2D eigenvalue weighted by Crippen LogP contribution is 2.32. The van der Waals surface area contributed by atoms with Crippen LogP contribution in [0, 0.1) is 0 Å². The SMILES string of the molecule is CC[NH+]1CC[NH+]([C@H](C)C(=O)NCc2ccc3c(c2)OCO3)CC1. The van der Waals surface area contributed by atoms with Gasteiger partial charge in [-0.25, -0.2) is 0 Å². The van der Waals surface area contributed by atoms with Crippen molar-refractivity contribution in [3.05, 3.63) is 23.8 Å². The van der Waals surface area contributed by atoms with Gasteiger partial charge in [-0.3, -0.25) is 4.79 Å². The van der Waals surface area contributed by atoms with Crippen molar-refractivity contribution in [1.82, 2.24) is 5.32 Å². The molecule has 1 saturated heterocycles. The van der Waals surface area contributed by atoms with E-state index in [-0.39, 0.29) is 18.7 Å². The molecule has 1 aromatic rings. The summed E-state index contributed by atoms with van der Waals surface area (Å²) in [4.78, 5) is 15.4. The Morgan fingerprint density at radius 3 is 2.70 bits per heavy atom. The molecule has 0 unspecified atom stereocenters. The summed E-state index contributed by atoms with van der Waals surface area (Å²) in [5.41, 5.74) is 1.03. The number of carbonyl (C=O) groups is 1. The average molecular weight is 321 g/mol. The topological polar surface area (TPSA) is 56.4 Å². The van der Waals surface area contributed by atoms with Crippen molar-refractivity contribution in [3.63, 3.8) is 0 Å². The van der Waals surface area contributed by atoms with Crippen molar-refractivity contribution in [1.29, 1.82) is 0 Å². The Morgan fingerprint density at radius 1 is 1.22 bits per heavy atom. The Labute approximate surface area is 137 Å². The van der Waals surface area contributed by atoms with Crippen molar-refractivity contribution in [3.8, 4) is 11.5 Å². The maximum absolute atomic E-state index is 12.4. The van der Waals surface area contributed by atoms with E-state index in [1.54, 1.807) is 4.90 Å². The second-order valence-electron chi connectivity index (χ2n) is 6.39. The van der Waals surface area contributed by atoms with E-state index in [0.717, 1.165) is 43.2 Å². The third kappa shape index (κ3) is 3.76. The van der Waals surface area contributed by atoms with Crippen LogP contribution in [0.3, 0.4) is 0 Å². The Balaban J connectivity index is 1.49. The summed E-state index contributed by atoms with van der Waals surface area (Å²) >= 11 is 0. The Bertz CT molecular complexity index is 556. The van der Waals surface area contributed by atoms with E-state index in [1.807, 2.05) is 25.1 Å². The first-order chi connectivity index (χ1) is 11.2. The first-order valence-electron chi connectivity index (χ1n) is 8.51. The summed E-state index contributed by atoms with van der Waals surface area (Å²) in [7, 11) is 0. The van der Waals surface area contributed by atoms with Gasteiger partial charge in [-0.05, 0) is 31.5 Å². The molecule has 0 bridgehead atoms. The Morgan fingerprint density at radius 2 is 1.96 bits per heavy atom. The fourth-order valence-electron chi connectivity index (χ4n) is 3.29. The molecule has 1 aromatic carbocycles. The molecule has 1 fully saturated rings. The Kier molecular flexibility index (Phi) is 5.03. The van der Waals surface area contributed by atoms with Crippen molar-refractivity contribution in [2.24, 2.45) is 0 Å². The van der Waals surface area contributed by atoms with Crippen molar-refractivity contribution in [2.75, 3.05) is 39.5 Å².